The molecule has 1 atom stereocenters. The van der Waals surface area contributed by atoms with Crippen molar-refractivity contribution in [3.63, 3.8) is 0 Å². The van der Waals surface area contributed by atoms with Crippen LogP contribution in [0.5, 0.6) is 5.75 Å². The van der Waals surface area contributed by atoms with Crippen molar-refractivity contribution < 1.29 is 19.1 Å². The van der Waals surface area contributed by atoms with E-state index in [0.29, 0.717) is 43.2 Å². The summed E-state index contributed by atoms with van der Waals surface area (Å²) in [4.78, 5) is 45.6. The van der Waals surface area contributed by atoms with Crippen molar-refractivity contribution in [2.75, 3.05) is 13.1 Å². The average Bonchev–Trinajstić information content (AvgIpc) is 3.30. The summed E-state index contributed by atoms with van der Waals surface area (Å²) in [6.07, 6.45) is 6.83. The predicted molar refractivity (Wildman–Crippen MR) is 146 cm³/mol. The third kappa shape index (κ3) is 5.50. The van der Waals surface area contributed by atoms with Crippen LogP contribution in [0, 0.1) is 0 Å². The summed E-state index contributed by atoms with van der Waals surface area (Å²) in [7, 11) is 0. The molecule has 1 saturated heterocycles. The number of ether oxygens (including phenoxy) is 1. The summed E-state index contributed by atoms with van der Waals surface area (Å²) in [5.41, 5.74) is 5.10. The molecule has 39 heavy (non-hydrogen) atoms. The molecule has 2 aliphatic heterocycles. The lowest BCUT2D eigenvalue weighted by Gasteiger charge is -2.32. The molecule has 0 radical (unpaired) electrons. The second-order valence-corrected chi connectivity index (χ2v) is 10.9. The number of Topliss-reactive ketones (excluding diaryl/α,β-unsaturated/α-hetero) is 2. The lowest BCUT2D eigenvalue weighted by atomic mass is 9.90. The number of piperidine rings is 1. The molecule has 2 fully saturated rings. The smallest absolute Gasteiger partial charge is 0.255 e. The fourth-order valence-electron chi connectivity index (χ4n) is 6.10. The van der Waals surface area contributed by atoms with Crippen molar-refractivity contribution in [3.05, 3.63) is 94.8 Å². The van der Waals surface area contributed by atoms with Gasteiger partial charge in [0, 0.05) is 36.5 Å². The van der Waals surface area contributed by atoms with Gasteiger partial charge in [-0.1, -0.05) is 36.4 Å². The number of nitrogens with zero attached hydrogens (tertiary/aromatic N) is 3. The zero-order chi connectivity index (χ0) is 26.8. The van der Waals surface area contributed by atoms with Crippen molar-refractivity contribution in [3.8, 4) is 5.75 Å². The highest BCUT2D eigenvalue weighted by Crippen LogP contribution is 2.35. The van der Waals surface area contributed by atoms with E-state index in [2.05, 4.69) is 40.2 Å². The number of amides is 1. The van der Waals surface area contributed by atoms with E-state index in [-0.39, 0.29) is 23.9 Å². The van der Waals surface area contributed by atoms with E-state index in [1.807, 2.05) is 30.6 Å². The van der Waals surface area contributed by atoms with Gasteiger partial charge in [-0.05, 0) is 73.2 Å². The lowest BCUT2D eigenvalue weighted by molar-refractivity contribution is -0.133. The third-order valence-corrected chi connectivity index (χ3v) is 8.34. The summed E-state index contributed by atoms with van der Waals surface area (Å²) in [6, 6.07) is 17.7. The average molecular weight is 524 g/mol. The number of benzene rings is 2. The van der Waals surface area contributed by atoms with Gasteiger partial charge >= 0.3 is 0 Å². The summed E-state index contributed by atoms with van der Waals surface area (Å²) in [6.45, 7) is 3.85. The van der Waals surface area contributed by atoms with E-state index >= 15 is 0 Å². The predicted octanol–water partition coefficient (Wildman–Crippen LogP) is 4.69. The van der Waals surface area contributed by atoms with E-state index in [4.69, 9.17) is 4.74 Å². The van der Waals surface area contributed by atoms with Crippen LogP contribution in [0.3, 0.4) is 0 Å². The van der Waals surface area contributed by atoms with Gasteiger partial charge < -0.3 is 9.64 Å². The van der Waals surface area contributed by atoms with Gasteiger partial charge in [0.1, 0.15) is 18.1 Å². The molecule has 1 amide bonds. The third-order valence-electron chi connectivity index (χ3n) is 8.34. The van der Waals surface area contributed by atoms with Gasteiger partial charge in [0.05, 0.1) is 19.0 Å². The number of hydrogen-bond donors (Lipinski definition) is 0. The molecule has 200 valence electrons. The fraction of sp³-hybridized carbons (Fsp3) is 0.375. The van der Waals surface area contributed by atoms with Gasteiger partial charge in [0.15, 0.2) is 5.78 Å². The van der Waals surface area contributed by atoms with E-state index < -0.39 is 6.04 Å². The van der Waals surface area contributed by atoms with Crippen LogP contribution in [0.15, 0.2) is 67.0 Å². The highest BCUT2D eigenvalue weighted by atomic mass is 16.5. The Morgan fingerprint density at radius 3 is 2.44 bits per heavy atom. The topological polar surface area (TPSA) is 79.8 Å². The fourth-order valence-corrected chi connectivity index (χ4v) is 6.10. The molecule has 1 aliphatic carbocycles. The Bertz CT molecular complexity index is 1360. The first-order chi connectivity index (χ1) is 19.0. The van der Waals surface area contributed by atoms with Gasteiger partial charge in [0.25, 0.3) is 5.91 Å². The Kier molecular flexibility index (Phi) is 7.24. The molecule has 0 N–H and O–H groups in total. The Morgan fingerprint density at radius 1 is 0.897 bits per heavy atom. The number of fused-ring (bicyclic) bond motifs is 1. The maximum absolute atomic E-state index is 13.1. The van der Waals surface area contributed by atoms with Crippen molar-refractivity contribution in [2.45, 2.75) is 63.8 Å². The summed E-state index contributed by atoms with van der Waals surface area (Å²) in [5.74, 6) is 0.914. The Hall–Kier alpha value is -3.84. The van der Waals surface area contributed by atoms with E-state index in [0.717, 1.165) is 43.6 Å². The second-order valence-electron chi connectivity index (χ2n) is 10.9. The number of ketones is 2. The highest BCUT2D eigenvalue weighted by Gasteiger charge is 2.40. The zero-order valence-electron chi connectivity index (χ0n) is 22.1. The van der Waals surface area contributed by atoms with E-state index in [9.17, 15) is 14.4 Å². The molecule has 1 saturated carbocycles. The minimum absolute atomic E-state index is 0.0409. The molecule has 3 aromatic rings. The van der Waals surface area contributed by atoms with Crippen LogP contribution < -0.4 is 4.74 Å². The van der Waals surface area contributed by atoms with Gasteiger partial charge in [-0.15, -0.1) is 0 Å². The summed E-state index contributed by atoms with van der Waals surface area (Å²) >= 11 is 0. The molecule has 3 aliphatic rings. The first kappa shape index (κ1) is 25.4. The minimum Gasteiger partial charge on any atom is -0.489 e. The Balaban J connectivity index is 1.03. The SMILES string of the molecule is O=C1CCC(N2Cc3c(OCc4ccc(CN5CCC(c6cccnc6)CC5)cc4)cccc3C2=O)C(=O)C1. The van der Waals surface area contributed by atoms with Crippen LogP contribution in [0.2, 0.25) is 0 Å². The van der Waals surface area contributed by atoms with Crippen molar-refractivity contribution in [1.29, 1.82) is 0 Å². The number of pyridine rings is 1. The maximum atomic E-state index is 13.1. The number of carbonyl (C=O) groups is 3. The van der Waals surface area contributed by atoms with Crippen LogP contribution in [-0.2, 0) is 29.3 Å². The van der Waals surface area contributed by atoms with Crippen LogP contribution in [0.1, 0.15) is 70.6 Å². The Labute approximate surface area is 228 Å². The van der Waals surface area contributed by atoms with Crippen molar-refractivity contribution in [2.24, 2.45) is 0 Å². The molecule has 3 heterocycles. The number of likely N-dealkylation sites (tertiary alicyclic amines) is 1. The first-order valence-corrected chi connectivity index (χ1v) is 13.9. The van der Waals surface area contributed by atoms with Crippen LogP contribution >= 0.6 is 0 Å². The first-order valence-electron chi connectivity index (χ1n) is 13.9. The normalized spacial score (nSPS) is 20.4. The Morgan fingerprint density at radius 2 is 1.69 bits per heavy atom. The van der Waals surface area contributed by atoms with Crippen LogP contribution in [0.4, 0.5) is 0 Å². The van der Waals surface area contributed by atoms with Crippen molar-refractivity contribution >= 4 is 17.5 Å². The molecular weight excluding hydrogens is 490 g/mol. The summed E-state index contributed by atoms with van der Waals surface area (Å²) < 4.78 is 6.17. The molecule has 7 nitrogen and oxygen atoms in total. The second kappa shape index (κ2) is 11.1. The van der Waals surface area contributed by atoms with Crippen molar-refractivity contribution in [1.82, 2.24) is 14.8 Å². The number of hydrogen-bond acceptors (Lipinski definition) is 6. The van der Waals surface area contributed by atoms with E-state index in [1.165, 1.54) is 11.1 Å². The summed E-state index contributed by atoms with van der Waals surface area (Å²) in [5, 5.41) is 0. The molecule has 0 bridgehead atoms. The highest BCUT2D eigenvalue weighted by molar-refractivity contribution is 6.07. The number of carbonyl (C=O) groups excluding carboxylic acids is 3. The quantitative estimate of drug-likeness (QED) is 0.418. The molecule has 0 spiro atoms. The van der Waals surface area contributed by atoms with Gasteiger partial charge in [-0.2, -0.15) is 0 Å². The lowest BCUT2D eigenvalue weighted by Crippen LogP contribution is -2.44. The molecule has 6 rings (SSSR count). The largest absolute Gasteiger partial charge is 0.489 e. The molecule has 7 heteroatoms. The molecule has 1 aromatic heterocycles. The van der Waals surface area contributed by atoms with Gasteiger partial charge in [0.2, 0.25) is 0 Å². The standard InChI is InChI=1S/C32H33N3O4/c36-26-10-11-29(30(37)17-26)35-20-28-27(32(35)38)4-1-5-31(28)39-21-23-8-6-22(7-9-23)19-34-15-12-24(13-16-34)25-3-2-14-33-18-25/h1-9,14,18,24,29H,10-13,15-17,19-21H2. The maximum Gasteiger partial charge on any atom is 0.255 e. The molecule has 1 unspecified atom stereocenters. The van der Waals surface area contributed by atoms with Crippen LogP contribution in [-0.4, -0.2) is 51.4 Å². The monoisotopic (exact) mass is 523 g/mol. The number of rotatable bonds is 7. The van der Waals surface area contributed by atoms with Crippen LogP contribution in [0.25, 0.3) is 0 Å². The van der Waals surface area contributed by atoms with Gasteiger partial charge in [-0.25, -0.2) is 0 Å². The van der Waals surface area contributed by atoms with E-state index in [1.54, 1.807) is 11.0 Å². The molecular formula is C32H33N3O4. The number of aromatic nitrogens is 1. The van der Waals surface area contributed by atoms with Gasteiger partial charge in [-0.3, -0.25) is 24.3 Å². The zero-order valence-corrected chi connectivity index (χ0v) is 22.1. The molecule has 2 aromatic carbocycles. The minimum atomic E-state index is -0.524.